The molecule has 2 nitrogen and oxygen atoms in total. The first-order chi connectivity index (χ1) is 8.60. The van der Waals surface area contributed by atoms with Gasteiger partial charge in [0.05, 0.1) is 5.69 Å². The standard InChI is InChI=1S/C15H17BrN2/c1-4-15-17-13(9-14(16)18-15)12-7-5-11(6-8-12)10(2)3/h5-10H,4H2,1-3H3. The molecule has 0 radical (unpaired) electrons. The van der Waals surface area contributed by atoms with E-state index in [9.17, 15) is 0 Å². The predicted octanol–water partition coefficient (Wildman–Crippen LogP) is 4.59. The molecule has 3 heteroatoms. The molecule has 0 fully saturated rings. The van der Waals surface area contributed by atoms with E-state index in [1.165, 1.54) is 5.56 Å². The molecule has 2 aromatic rings. The average Bonchev–Trinajstić information content (AvgIpc) is 2.38. The van der Waals surface area contributed by atoms with E-state index in [4.69, 9.17) is 0 Å². The number of halogens is 1. The van der Waals surface area contributed by atoms with Crippen molar-refractivity contribution >= 4 is 15.9 Å². The molecule has 18 heavy (non-hydrogen) atoms. The van der Waals surface area contributed by atoms with Crippen LogP contribution in [0.1, 0.15) is 38.1 Å². The molecule has 2 rings (SSSR count). The second-order valence-corrected chi connectivity index (χ2v) is 5.43. The monoisotopic (exact) mass is 304 g/mol. The molecule has 1 heterocycles. The van der Waals surface area contributed by atoms with Gasteiger partial charge in [0.15, 0.2) is 0 Å². The quantitative estimate of drug-likeness (QED) is 0.775. The molecule has 0 amide bonds. The highest BCUT2D eigenvalue weighted by atomic mass is 79.9. The number of rotatable bonds is 3. The first-order valence-electron chi connectivity index (χ1n) is 6.24. The maximum Gasteiger partial charge on any atom is 0.130 e. The summed E-state index contributed by atoms with van der Waals surface area (Å²) in [5, 5.41) is 0. The first-order valence-corrected chi connectivity index (χ1v) is 7.03. The highest BCUT2D eigenvalue weighted by Gasteiger charge is 2.05. The smallest absolute Gasteiger partial charge is 0.130 e. The molecule has 0 aliphatic rings. The Morgan fingerprint density at radius 1 is 1.11 bits per heavy atom. The topological polar surface area (TPSA) is 25.8 Å². The van der Waals surface area contributed by atoms with Crippen LogP contribution < -0.4 is 0 Å². The zero-order valence-corrected chi connectivity index (χ0v) is 12.5. The van der Waals surface area contributed by atoms with Gasteiger partial charge in [-0.05, 0) is 33.5 Å². The minimum Gasteiger partial charge on any atom is -0.233 e. The summed E-state index contributed by atoms with van der Waals surface area (Å²) >= 11 is 3.44. The van der Waals surface area contributed by atoms with E-state index in [1.807, 2.05) is 6.07 Å². The van der Waals surface area contributed by atoms with Crippen molar-refractivity contribution in [1.29, 1.82) is 0 Å². The number of nitrogens with zero attached hydrogens (tertiary/aromatic N) is 2. The lowest BCUT2D eigenvalue weighted by Gasteiger charge is -2.07. The lowest BCUT2D eigenvalue weighted by atomic mass is 10.0. The summed E-state index contributed by atoms with van der Waals surface area (Å²) in [5.41, 5.74) is 3.46. The Morgan fingerprint density at radius 2 is 1.78 bits per heavy atom. The molecule has 0 aliphatic heterocycles. The number of aryl methyl sites for hydroxylation is 1. The van der Waals surface area contributed by atoms with E-state index in [1.54, 1.807) is 0 Å². The van der Waals surface area contributed by atoms with Gasteiger partial charge in [-0.15, -0.1) is 0 Å². The van der Waals surface area contributed by atoms with Crippen LogP contribution in [0.4, 0.5) is 0 Å². The molecule has 0 bridgehead atoms. The van der Waals surface area contributed by atoms with E-state index >= 15 is 0 Å². The van der Waals surface area contributed by atoms with Crippen molar-refractivity contribution in [3.63, 3.8) is 0 Å². The molecule has 94 valence electrons. The van der Waals surface area contributed by atoms with Gasteiger partial charge in [-0.3, -0.25) is 0 Å². The van der Waals surface area contributed by atoms with Gasteiger partial charge in [0.2, 0.25) is 0 Å². The average molecular weight is 305 g/mol. The minimum atomic E-state index is 0.558. The van der Waals surface area contributed by atoms with Crippen molar-refractivity contribution in [2.45, 2.75) is 33.1 Å². The largest absolute Gasteiger partial charge is 0.233 e. The zero-order chi connectivity index (χ0) is 13.1. The fraction of sp³-hybridized carbons (Fsp3) is 0.333. The van der Waals surface area contributed by atoms with Crippen molar-refractivity contribution in [2.24, 2.45) is 0 Å². The Morgan fingerprint density at radius 3 is 2.33 bits per heavy atom. The van der Waals surface area contributed by atoms with Crippen molar-refractivity contribution in [3.05, 3.63) is 46.3 Å². The Kier molecular flexibility index (Phi) is 4.12. The normalized spacial score (nSPS) is 10.9. The fourth-order valence-corrected chi connectivity index (χ4v) is 2.23. The maximum atomic E-state index is 4.56. The third-order valence-electron chi connectivity index (χ3n) is 2.93. The molecule has 0 saturated carbocycles. The number of aromatic nitrogens is 2. The van der Waals surface area contributed by atoms with E-state index in [2.05, 4.69) is 70.9 Å². The minimum absolute atomic E-state index is 0.558. The van der Waals surface area contributed by atoms with Gasteiger partial charge in [-0.2, -0.15) is 0 Å². The fourth-order valence-electron chi connectivity index (χ4n) is 1.81. The third kappa shape index (κ3) is 2.96. The highest BCUT2D eigenvalue weighted by molar-refractivity contribution is 9.10. The lowest BCUT2D eigenvalue weighted by Crippen LogP contribution is -1.96. The van der Waals surface area contributed by atoms with Crippen LogP contribution in [0.5, 0.6) is 0 Å². The molecule has 0 N–H and O–H groups in total. The van der Waals surface area contributed by atoms with Crippen LogP contribution in [-0.4, -0.2) is 9.97 Å². The molecule has 0 saturated heterocycles. The summed E-state index contributed by atoms with van der Waals surface area (Å²) in [5.74, 6) is 1.43. The Balaban J connectivity index is 2.39. The van der Waals surface area contributed by atoms with Crippen molar-refractivity contribution in [2.75, 3.05) is 0 Å². The van der Waals surface area contributed by atoms with Gasteiger partial charge in [0.1, 0.15) is 10.4 Å². The summed E-state index contributed by atoms with van der Waals surface area (Å²) in [6, 6.07) is 10.6. The summed E-state index contributed by atoms with van der Waals surface area (Å²) in [6.45, 7) is 6.46. The van der Waals surface area contributed by atoms with Crippen LogP contribution in [0.3, 0.4) is 0 Å². The molecular formula is C15H17BrN2. The van der Waals surface area contributed by atoms with Gasteiger partial charge in [0.25, 0.3) is 0 Å². The van der Waals surface area contributed by atoms with E-state index in [-0.39, 0.29) is 0 Å². The van der Waals surface area contributed by atoms with Gasteiger partial charge < -0.3 is 0 Å². The number of hydrogen-bond acceptors (Lipinski definition) is 2. The van der Waals surface area contributed by atoms with Crippen LogP contribution in [0.2, 0.25) is 0 Å². The van der Waals surface area contributed by atoms with Gasteiger partial charge in [-0.1, -0.05) is 45.0 Å². The second kappa shape index (κ2) is 5.61. The first kappa shape index (κ1) is 13.2. The van der Waals surface area contributed by atoms with Gasteiger partial charge >= 0.3 is 0 Å². The molecule has 0 aliphatic carbocycles. The predicted molar refractivity (Wildman–Crippen MR) is 78.6 cm³/mol. The summed E-state index contributed by atoms with van der Waals surface area (Å²) in [4.78, 5) is 8.88. The van der Waals surface area contributed by atoms with Crippen molar-refractivity contribution in [3.8, 4) is 11.3 Å². The molecule has 0 spiro atoms. The number of hydrogen-bond donors (Lipinski definition) is 0. The molecule has 0 atom stereocenters. The van der Waals surface area contributed by atoms with Crippen molar-refractivity contribution in [1.82, 2.24) is 9.97 Å². The lowest BCUT2D eigenvalue weighted by molar-refractivity contribution is 0.866. The molecule has 0 unspecified atom stereocenters. The van der Waals surface area contributed by atoms with Crippen LogP contribution >= 0.6 is 15.9 Å². The summed E-state index contributed by atoms with van der Waals surface area (Å²) in [6.07, 6.45) is 0.844. The highest BCUT2D eigenvalue weighted by Crippen LogP contribution is 2.23. The Bertz CT molecular complexity index is 533. The maximum absolute atomic E-state index is 4.56. The van der Waals surface area contributed by atoms with E-state index in [0.29, 0.717) is 5.92 Å². The Labute approximate surface area is 117 Å². The zero-order valence-electron chi connectivity index (χ0n) is 10.9. The second-order valence-electron chi connectivity index (χ2n) is 4.62. The third-order valence-corrected chi connectivity index (χ3v) is 3.34. The van der Waals surface area contributed by atoms with Gasteiger partial charge in [0, 0.05) is 12.0 Å². The molecular weight excluding hydrogens is 288 g/mol. The van der Waals surface area contributed by atoms with E-state index in [0.717, 1.165) is 28.1 Å². The molecule has 1 aromatic carbocycles. The van der Waals surface area contributed by atoms with Crippen molar-refractivity contribution < 1.29 is 0 Å². The van der Waals surface area contributed by atoms with Crippen LogP contribution in [0.15, 0.2) is 34.9 Å². The van der Waals surface area contributed by atoms with E-state index < -0.39 is 0 Å². The summed E-state index contributed by atoms with van der Waals surface area (Å²) < 4.78 is 0.845. The number of benzene rings is 1. The van der Waals surface area contributed by atoms with Crippen LogP contribution in [-0.2, 0) is 6.42 Å². The SMILES string of the molecule is CCc1nc(Br)cc(-c2ccc(C(C)C)cc2)n1. The summed E-state index contributed by atoms with van der Waals surface area (Å²) in [7, 11) is 0. The van der Waals surface area contributed by atoms with Crippen LogP contribution in [0, 0.1) is 0 Å². The van der Waals surface area contributed by atoms with Crippen LogP contribution in [0.25, 0.3) is 11.3 Å². The Hall–Kier alpha value is -1.22. The van der Waals surface area contributed by atoms with Gasteiger partial charge in [-0.25, -0.2) is 9.97 Å². The molecule has 1 aromatic heterocycles.